The van der Waals surface area contributed by atoms with Gasteiger partial charge >= 0.3 is 5.97 Å². The highest BCUT2D eigenvalue weighted by atomic mass is 19.1. The van der Waals surface area contributed by atoms with Crippen molar-refractivity contribution in [3.8, 4) is 0 Å². The van der Waals surface area contributed by atoms with Crippen LogP contribution in [0, 0.1) is 5.82 Å². The van der Waals surface area contributed by atoms with Crippen LogP contribution in [0.1, 0.15) is 5.56 Å². The lowest BCUT2D eigenvalue weighted by molar-refractivity contribution is -0.138. The van der Waals surface area contributed by atoms with Crippen molar-refractivity contribution in [1.82, 2.24) is 10.2 Å². The number of nitrogens with zero attached hydrogens (tertiary/aromatic N) is 1. The number of rotatable bonds is 8. The Morgan fingerprint density at radius 3 is 2.65 bits per heavy atom. The number of hydrogen-bond donors (Lipinski definition) is 2. The monoisotopic (exact) mass is 280 g/mol. The van der Waals surface area contributed by atoms with Gasteiger partial charge in [0.2, 0.25) is 5.91 Å². The van der Waals surface area contributed by atoms with Gasteiger partial charge in [0.1, 0.15) is 5.82 Å². The first-order chi connectivity index (χ1) is 9.52. The Bertz CT molecular complexity index is 491. The first-order valence-corrected chi connectivity index (χ1v) is 6.08. The van der Waals surface area contributed by atoms with E-state index in [9.17, 15) is 14.0 Å². The smallest absolute Gasteiger partial charge is 0.317 e. The Hall–Kier alpha value is -2.21. The fraction of sp³-hybridized carbons (Fsp3) is 0.286. The van der Waals surface area contributed by atoms with E-state index in [0.717, 1.165) is 0 Å². The second-order valence-electron chi connectivity index (χ2n) is 4.22. The molecule has 1 aromatic rings. The summed E-state index contributed by atoms with van der Waals surface area (Å²) in [6.45, 7) is 3.54. The minimum Gasteiger partial charge on any atom is -0.480 e. The minimum absolute atomic E-state index is 0.0699. The molecule has 0 bridgehead atoms. The van der Waals surface area contributed by atoms with Crippen molar-refractivity contribution in [2.45, 2.75) is 6.54 Å². The number of halogens is 1. The van der Waals surface area contributed by atoms with Gasteiger partial charge in [-0.2, -0.15) is 0 Å². The van der Waals surface area contributed by atoms with Crippen molar-refractivity contribution in [1.29, 1.82) is 0 Å². The van der Waals surface area contributed by atoms with Crippen molar-refractivity contribution >= 4 is 11.9 Å². The summed E-state index contributed by atoms with van der Waals surface area (Å²) >= 11 is 0. The van der Waals surface area contributed by atoms with Gasteiger partial charge in [-0.3, -0.25) is 14.5 Å². The summed E-state index contributed by atoms with van der Waals surface area (Å²) in [6.07, 6.45) is 1.52. The zero-order chi connectivity index (χ0) is 15.0. The van der Waals surface area contributed by atoms with E-state index < -0.39 is 5.97 Å². The van der Waals surface area contributed by atoms with E-state index in [1.54, 1.807) is 18.2 Å². The maximum Gasteiger partial charge on any atom is 0.317 e. The molecule has 0 saturated carbocycles. The lowest BCUT2D eigenvalue weighted by Gasteiger charge is -2.17. The largest absolute Gasteiger partial charge is 0.480 e. The van der Waals surface area contributed by atoms with E-state index in [0.29, 0.717) is 12.1 Å². The summed E-state index contributed by atoms with van der Waals surface area (Å²) in [5.41, 5.74) is 0.384. The summed E-state index contributed by atoms with van der Waals surface area (Å²) in [6, 6.07) is 6.14. The quantitative estimate of drug-likeness (QED) is 0.697. The number of carbonyl (C=O) groups is 2. The molecular weight excluding hydrogens is 263 g/mol. The third kappa shape index (κ3) is 5.62. The van der Waals surface area contributed by atoms with Gasteiger partial charge in [-0.05, 0) is 6.07 Å². The average molecular weight is 280 g/mol. The maximum absolute atomic E-state index is 13.3. The van der Waals surface area contributed by atoms with Crippen LogP contribution in [-0.2, 0) is 16.1 Å². The van der Waals surface area contributed by atoms with Crippen LogP contribution in [-0.4, -0.2) is 41.5 Å². The van der Waals surface area contributed by atoms with Crippen LogP contribution in [0.2, 0.25) is 0 Å². The van der Waals surface area contributed by atoms with Gasteiger partial charge in [-0.25, -0.2) is 4.39 Å². The summed E-state index contributed by atoms with van der Waals surface area (Å²) in [5.74, 6) is -1.77. The normalized spacial score (nSPS) is 10.3. The van der Waals surface area contributed by atoms with Crippen molar-refractivity contribution in [3.63, 3.8) is 0 Å². The van der Waals surface area contributed by atoms with Crippen molar-refractivity contribution in [2.75, 3.05) is 19.6 Å². The summed E-state index contributed by atoms with van der Waals surface area (Å²) in [4.78, 5) is 23.7. The molecule has 0 radical (unpaired) electrons. The van der Waals surface area contributed by atoms with Crippen LogP contribution < -0.4 is 5.32 Å². The molecule has 0 spiro atoms. The number of carboxylic acids is 1. The number of benzene rings is 1. The highest BCUT2D eigenvalue weighted by Crippen LogP contribution is 2.05. The lowest BCUT2D eigenvalue weighted by Crippen LogP contribution is -2.39. The molecule has 0 atom stereocenters. The summed E-state index contributed by atoms with van der Waals surface area (Å²) < 4.78 is 13.3. The van der Waals surface area contributed by atoms with E-state index in [1.165, 1.54) is 17.0 Å². The van der Waals surface area contributed by atoms with Crippen LogP contribution >= 0.6 is 0 Å². The fourth-order valence-corrected chi connectivity index (χ4v) is 1.65. The maximum atomic E-state index is 13.3. The van der Waals surface area contributed by atoms with Crippen LogP contribution in [0.15, 0.2) is 36.9 Å². The first kappa shape index (κ1) is 15.8. The Kier molecular flexibility index (Phi) is 6.39. The Morgan fingerprint density at radius 2 is 2.05 bits per heavy atom. The molecule has 0 aromatic heterocycles. The van der Waals surface area contributed by atoms with Gasteiger partial charge in [-0.1, -0.05) is 24.3 Å². The van der Waals surface area contributed by atoms with Gasteiger partial charge in [0.15, 0.2) is 0 Å². The van der Waals surface area contributed by atoms with Crippen molar-refractivity contribution < 1.29 is 19.1 Å². The third-order valence-corrected chi connectivity index (χ3v) is 2.55. The summed E-state index contributed by atoms with van der Waals surface area (Å²) in [7, 11) is 0. The zero-order valence-electron chi connectivity index (χ0n) is 11.0. The van der Waals surface area contributed by atoms with Gasteiger partial charge in [0, 0.05) is 18.7 Å². The SMILES string of the molecule is C=CCN(CC(=O)O)CC(=O)NCc1ccccc1F. The van der Waals surface area contributed by atoms with E-state index >= 15 is 0 Å². The highest BCUT2D eigenvalue weighted by Gasteiger charge is 2.12. The van der Waals surface area contributed by atoms with Crippen LogP contribution in [0.3, 0.4) is 0 Å². The Balaban J connectivity index is 2.47. The Morgan fingerprint density at radius 1 is 1.35 bits per heavy atom. The zero-order valence-corrected chi connectivity index (χ0v) is 11.0. The summed E-state index contributed by atoms with van der Waals surface area (Å²) in [5, 5.41) is 11.3. The second kappa shape index (κ2) is 8.06. The number of carboxylic acid groups (broad SMARTS) is 1. The predicted octanol–water partition coefficient (Wildman–Crippen LogP) is 1.01. The molecule has 1 aromatic carbocycles. The van der Waals surface area contributed by atoms with E-state index in [2.05, 4.69) is 11.9 Å². The van der Waals surface area contributed by atoms with Crippen LogP contribution in [0.25, 0.3) is 0 Å². The third-order valence-electron chi connectivity index (χ3n) is 2.55. The molecule has 20 heavy (non-hydrogen) atoms. The molecule has 6 heteroatoms. The number of hydrogen-bond acceptors (Lipinski definition) is 3. The minimum atomic E-state index is -1.02. The van der Waals surface area contributed by atoms with Crippen LogP contribution in [0.5, 0.6) is 0 Å². The lowest BCUT2D eigenvalue weighted by atomic mass is 10.2. The molecule has 1 rings (SSSR count). The van der Waals surface area contributed by atoms with Gasteiger partial charge < -0.3 is 10.4 Å². The molecule has 0 aliphatic carbocycles. The van der Waals surface area contributed by atoms with E-state index in [-0.39, 0.29) is 31.4 Å². The topological polar surface area (TPSA) is 69.6 Å². The number of carbonyl (C=O) groups excluding carboxylic acids is 1. The molecule has 0 saturated heterocycles. The number of amides is 1. The van der Waals surface area contributed by atoms with Gasteiger partial charge in [0.05, 0.1) is 13.1 Å². The molecule has 0 unspecified atom stereocenters. The van der Waals surface area contributed by atoms with Gasteiger partial charge in [-0.15, -0.1) is 6.58 Å². The molecule has 0 aliphatic rings. The highest BCUT2D eigenvalue weighted by molar-refractivity contribution is 5.79. The average Bonchev–Trinajstić information content (AvgIpc) is 2.37. The molecule has 5 nitrogen and oxygen atoms in total. The molecular formula is C14H17FN2O3. The van der Waals surface area contributed by atoms with Crippen LogP contribution in [0.4, 0.5) is 4.39 Å². The van der Waals surface area contributed by atoms with Crippen molar-refractivity contribution in [2.24, 2.45) is 0 Å². The number of nitrogens with one attached hydrogen (secondary N) is 1. The second-order valence-corrected chi connectivity index (χ2v) is 4.22. The molecule has 0 fully saturated rings. The molecule has 0 aliphatic heterocycles. The van der Waals surface area contributed by atoms with Gasteiger partial charge in [0.25, 0.3) is 0 Å². The molecule has 1 amide bonds. The molecule has 108 valence electrons. The Labute approximate surface area is 116 Å². The molecule has 0 heterocycles. The first-order valence-electron chi connectivity index (χ1n) is 6.08. The predicted molar refractivity (Wildman–Crippen MR) is 72.5 cm³/mol. The number of aliphatic carboxylic acids is 1. The molecule has 2 N–H and O–H groups in total. The fourth-order valence-electron chi connectivity index (χ4n) is 1.65. The van der Waals surface area contributed by atoms with E-state index in [1.807, 2.05) is 0 Å². The van der Waals surface area contributed by atoms with Crippen molar-refractivity contribution in [3.05, 3.63) is 48.3 Å². The standard InChI is InChI=1S/C14H17FN2O3/c1-2-7-17(10-14(19)20)9-13(18)16-8-11-5-3-4-6-12(11)15/h2-6H,1,7-10H2,(H,16,18)(H,19,20). The van der Waals surface area contributed by atoms with E-state index in [4.69, 9.17) is 5.11 Å².